The Morgan fingerprint density at radius 1 is 0.566 bits per heavy atom. The van der Waals surface area contributed by atoms with Crippen LogP contribution in [0.25, 0.3) is 75.5 Å². The highest BCUT2D eigenvalue weighted by Crippen LogP contribution is 2.55. The van der Waals surface area contributed by atoms with E-state index in [-0.39, 0.29) is 0 Å². The van der Waals surface area contributed by atoms with Crippen LogP contribution in [0.2, 0.25) is 0 Å². The van der Waals surface area contributed by atoms with Crippen LogP contribution in [0.5, 0.6) is 0 Å². The summed E-state index contributed by atoms with van der Waals surface area (Å²) >= 11 is 5.46. The highest BCUT2D eigenvalue weighted by Gasteiger charge is 2.29. The molecule has 3 aromatic heterocycles. The number of rotatable bonds is 5. The van der Waals surface area contributed by atoms with Gasteiger partial charge in [-0.3, -0.25) is 0 Å². The molecule has 0 bridgehead atoms. The third-order valence-corrected chi connectivity index (χ3v) is 13.5. The van der Waals surface area contributed by atoms with Gasteiger partial charge in [0.15, 0.2) is 5.58 Å². The van der Waals surface area contributed by atoms with Gasteiger partial charge in [-0.25, -0.2) is 0 Å². The zero-order valence-electron chi connectivity index (χ0n) is 28.3. The lowest BCUT2D eigenvalue weighted by Crippen LogP contribution is -2.15. The number of benzene rings is 7. The molecule has 0 aliphatic carbocycles. The van der Waals surface area contributed by atoms with Crippen molar-refractivity contribution in [3.05, 3.63) is 174 Å². The summed E-state index contributed by atoms with van der Waals surface area (Å²) in [5, 5.41) is 8.43. The van der Waals surface area contributed by atoms with Crippen molar-refractivity contribution in [3.8, 4) is 11.1 Å². The van der Waals surface area contributed by atoms with Crippen LogP contribution in [0.3, 0.4) is 0 Å². The molecule has 1 aliphatic heterocycles. The first-order chi connectivity index (χ1) is 26.3. The molecular formula is C48H29NOS3. The van der Waals surface area contributed by atoms with Crippen molar-refractivity contribution in [2.75, 3.05) is 4.90 Å². The predicted molar refractivity (Wildman–Crippen MR) is 231 cm³/mol. The van der Waals surface area contributed by atoms with Gasteiger partial charge in [0.05, 0.1) is 16.3 Å². The second kappa shape index (κ2) is 12.4. The second-order valence-corrected chi connectivity index (χ2v) is 16.3. The van der Waals surface area contributed by atoms with Gasteiger partial charge in [-0.15, -0.1) is 22.7 Å². The number of hydrogen-bond donors (Lipinski definition) is 0. The molecule has 0 saturated carbocycles. The average Bonchev–Trinajstić information content (AvgIpc) is 3.92. The van der Waals surface area contributed by atoms with Gasteiger partial charge in [-0.2, -0.15) is 0 Å². The molecule has 53 heavy (non-hydrogen) atoms. The summed E-state index contributed by atoms with van der Waals surface area (Å²) in [5.74, 6) is 0. The fourth-order valence-electron chi connectivity index (χ4n) is 7.72. The monoisotopic (exact) mass is 731 g/mol. The van der Waals surface area contributed by atoms with Crippen molar-refractivity contribution >= 4 is 116 Å². The fraction of sp³-hybridized carbons (Fsp3) is 0. The first kappa shape index (κ1) is 30.7. The first-order valence-corrected chi connectivity index (χ1v) is 20.2. The van der Waals surface area contributed by atoms with Crippen molar-refractivity contribution in [1.29, 1.82) is 0 Å². The van der Waals surface area contributed by atoms with Crippen molar-refractivity contribution in [2.45, 2.75) is 9.79 Å². The molecule has 0 fully saturated rings. The van der Waals surface area contributed by atoms with Crippen molar-refractivity contribution in [3.63, 3.8) is 0 Å². The molecule has 7 aromatic carbocycles. The van der Waals surface area contributed by atoms with E-state index >= 15 is 0 Å². The summed E-state index contributed by atoms with van der Waals surface area (Å²) in [5.41, 5.74) is 10.1. The van der Waals surface area contributed by atoms with Gasteiger partial charge >= 0.3 is 0 Å². The minimum Gasteiger partial charge on any atom is -0.455 e. The minimum atomic E-state index is 0.913. The Bertz CT molecular complexity index is 3120. The summed E-state index contributed by atoms with van der Waals surface area (Å²) in [6, 6.07) is 52.7. The number of thiophene rings is 2. The van der Waals surface area contributed by atoms with Crippen LogP contribution in [-0.2, 0) is 0 Å². The molecule has 250 valence electrons. The largest absolute Gasteiger partial charge is 0.455 e. The molecule has 0 amide bonds. The molecule has 0 unspecified atom stereocenters. The third kappa shape index (κ3) is 5.07. The van der Waals surface area contributed by atoms with Crippen molar-refractivity contribution < 1.29 is 4.42 Å². The van der Waals surface area contributed by atoms with Gasteiger partial charge < -0.3 is 9.32 Å². The van der Waals surface area contributed by atoms with Gasteiger partial charge in [0.25, 0.3) is 0 Å². The summed E-state index contributed by atoms with van der Waals surface area (Å²) in [6.07, 6.45) is 8.78. The van der Waals surface area contributed by atoms with Crippen LogP contribution in [0.4, 0.5) is 17.1 Å². The molecule has 0 radical (unpaired) electrons. The maximum Gasteiger partial charge on any atom is 0.151 e. The lowest BCUT2D eigenvalue weighted by atomic mass is 9.98. The van der Waals surface area contributed by atoms with E-state index in [2.05, 4.69) is 174 Å². The Morgan fingerprint density at radius 2 is 1.34 bits per heavy atom. The highest BCUT2D eigenvalue weighted by atomic mass is 32.2. The molecule has 2 nitrogen and oxygen atoms in total. The van der Waals surface area contributed by atoms with Crippen LogP contribution in [0.15, 0.2) is 177 Å². The van der Waals surface area contributed by atoms with Crippen molar-refractivity contribution in [1.82, 2.24) is 0 Å². The summed E-state index contributed by atoms with van der Waals surface area (Å²) < 4.78 is 10.5. The Hall–Kier alpha value is -5.85. The second-order valence-electron chi connectivity index (χ2n) is 13.3. The lowest BCUT2D eigenvalue weighted by Gasteiger charge is -2.33. The molecule has 0 atom stereocenters. The van der Waals surface area contributed by atoms with Gasteiger partial charge in [0.1, 0.15) is 5.58 Å². The summed E-state index contributed by atoms with van der Waals surface area (Å²) in [4.78, 5) is 4.76. The molecule has 10 aromatic rings. The smallest absolute Gasteiger partial charge is 0.151 e. The average molecular weight is 732 g/mol. The highest BCUT2D eigenvalue weighted by molar-refractivity contribution is 8.00. The third-order valence-electron chi connectivity index (χ3n) is 10.1. The Kier molecular flexibility index (Phi) is 7.19. The van der Waals surface area contributed by atoms with Gasteiger partial charge in [-0.05, 0) is 93.7 Å². The molecule has 4 heterocycles. The maximum atomic E-state index is 6.60. The van der Waals surface area contributed by atoms with Crippen LogP contribution in [0.1, 0.15) is 11.1 Å². The van der Waals surface area contributed by atoms with Crippen LogP contribution >= 0.6 is 34.4 Å². The van der Waals surface area contributed by atoms with E-state index in [1.54, 1.807) is 23.1 Å². The predicted octanol–water partition coefficient (Wildman–Crippen LogP) is 15.5. The zero-order chi connectivity index (χ0) is 34.9. The van der Waals surface area contributed by atoms with Crippen LogP contribution in [-0.4, -0.2) is 0 Å². The molecule has 5 heteroatoms. The molecule has 0 spiro atoms. The topological polar surface area (TPSA) is 16.4 Å². The number of anilines is 3. The van der Waals surface area contributed by atoms with Gasteiger partial charge in [0.2, 0.25) is 0 Å². The number of fused-ring (bicyclic) bond motifs is 10. The van der Waals surface area contributed by atoms with E-state index in [4.69, 9.17) is 4.42 Å². The molecular weight excluding hydrogens is 703 g/mol. The molecule has 1 aliphatic rings. The van der Waals surface area contributed by atoms with Gasteiger partial charge in [0, 0.05) is 46.2 Å². The van der Waals surface area contributed by atoms with E-state index in [1.807, 2.05) is 17.4 Å². The Morgan fingerprint density at radius 3 is 2.28 bits per heavy atom. The molecule has 0 saturated heterocycles. The van der Waals surface area contributed by atoms with Crippen LogP contribution in [0, 0.1) is 0 Å². The summed E-state index contributed by atoms with van der Waals surface area (Å²) in [7, 11) is 0. The molecule has 11 rings (SSSR count). The SMILES string of the molecule is C(/C=C/c1csc2ccccc12)=C\c1cc(-c2cccc3c2sc2ccccc23)cc(N2c3ccccc3Sc3c2ccc2c3oc3ccccc32)c1. The number of para-hydroxylation sites is 2. The Balaban J connectivity index is 1.11. The number of allylic oxidation sites excluding steroid dienone is 2. The maximum absolute atomic E-state index is 6.60. The number of nitrogens with zero attached hydrogens (tertiary/aromatic N) is 1. The normalized spacial score (nSPS) is 13.0. The van der Waals surface area contributed by atoms with E-state index in [1.165, 1.54) is 51.8 Å². The summed E-state index contributed by atoms with van der Waals surface area (Å²) in [6.45, 7) is 0. The lowest BCUT2D eigenvalue weighted by molar-refractivity contribution is 0.660. The van der Waals surface area contributed by atoms with Gasteiger partial charge in [-0.1, -0.05) is 121 Å². The van der Waals surface area contributed by atoms with E-state index in [0.29, 0.717) is 0 Å². The Labute approximate surface area is 318 Å². The quantitative estimate of drug-likeness (QED) is 0.164. The zero-order valence-corrected chi connectivity index (χ0v) is 30.8. The van der Waals surface area contributed by atoms with E-state index in [0.717, 1.165) is 49.5 Å². The van der Waals surface area contributed by atoms with E-state index < -0.39 is 0 Å². The van der Waals surface area contributed by atoms with E-state index in [9.17, 15) is 0 Å². The minimum absolute atomic E-state index is 0.913. The standard InChI is InChI=1S/C48H29NOS3/c1(2-13-31-29-51-43-21-8-4-14-34(31)43)12-30-26-32(35-17-11-18-39-37-16-5-9-22-44(37)52-47(35)39)28-33(27-30)49-40-19-6-10-23-45(40)53-48-41(49)25-24-38-36-15-3-7-20-42(36)50-46(38)48/h1-29H/b12-1+,13-2+. The first-order valence-electron chi connectivity index (χ1n) is 17.6. The molecule has 0 N–H and O–H groups in total. The number of furan rings is 1. The van der Waals surface area contributed by atoms with Crippen LogP contribution < -0.4 is 4.90 Å². The number of hydrogen-bond acceptors (Lipinski definition) is 5. The van der Waals surface area contributed by atoms with Crippen molar-refractivity contribution in [2.24, 2.45) is 0 Å². The fourth-order valence-corrected chi connectivity index (χ4v) is 11.0.